The molecule has 1 aromatic heterocycles. The largest absolute Gasteiger partial charge is 0.481 e. The van der Waals surface area contributed by atoms with Gasteiger partial charge in [0.15, 0.2) is 0 Å². The minimum Gasteiger partial charge on any atom is -0.481 e. The van der Waals surface area contributed by atoms with Gasteiger partial charge in [0, 0.05) is 17.8 Å². The topological polar surface area (TPSA) is 55.1 Å². The highest BCUT2D eigenvalue weighted by atomic mass is 16.4. The molecule has 4 heteroatoms. The summed E-state index contributed by atoms with van der Waals surface area (Å²) in [4.78, 5) is 10.9. The molecule has 2 rings (SSSR count). The van der Waals surface area contributed by atoms with Crippen LogP contribution in [0.4, 0.5) is 0 Å². The van der Waals surface area contributed by atoms with Crippen molar-refractivity contribution in [1.29, 1.82) is 0 Å². The number of carboxylic acid groups (broad SMARTS) is 1. The standard InChI is InChI=1S/C14H18N2O2/c1-9-11-7-10(14(2,3)8-13(17)18)5-6-12(11)16(4)15-9/h5-7H,8H2,1-4H3,(H,17,18). The Hall–Kier alpha value is -1.84. The maximum absolute atomic E-state index is 10.9. The van der Waals surface area contributed by atoms with Gasteiger partial charge in [-0.25, -0.2) is 0 Å². The Morgan fingerprint density at radius 3 is 2.72 bits per heavy atom. The summed E-state index contributed by atoms with van der Waals surface area (Å²) >= 11 is 0. The van der Waals surface area contributed by atoms with Gasteiger partial charge < -0.3 is 5.11 Å². The first kappa shape index (κ1) is 12.6. The number of hydrogen-bond donors (Lipinski definition) is 1. The van der Waals surface area contributed by atoms with Gasteiger partial charge in [-0.3, -0.25) is 9.48 Å². The van der Waals surface area contributed by atoms with Crippen molar-refractivity contribution >= 4 is 16.9 Å². The highest BCUT2D eigenvalue weighted by molar-refractivity contribution is 5.83. The molecule has 0 unspecified atom stereocenters. The van der Waals surface area contributed by atoms with E-state index in [1.807, 2.05) is 44.6 Å². The van der Waals surface area contributed by atoms with Crippen LogP contribution in [0.15, 0.2) is 18.2 Å². The van der Waals surface area contributed by atoms with Crippen LogP contribution in [0.3, 0.4) is 0 Å². The Labute approximate surface area is 106 Å². The van der Waals surface area contributed by atoms with Crippen LogP contribution in [0.2, 0.25) is 0 Å². The summed E-state index contributed by atoms with van der Waals surface area (Å²) in [5, 5.41) is 14.4. The van der Waals surface area contributed by atoms with Gasteiger partial charge in [-0.15, -0.1) is 0 Å². The van der Waals surface area contributed by atoms with Gasteiger partial charge in [-0.2, -0.15) is 5.10 Å². The Bertz CT molecular complexity index is 612. The molecular formula is C14H18N2O2. The number of fused-ring (bicyclic) bond motifs is 1. The molecule has 1 aromatic carbocycles. The van der Waals surface area contributed by atoms with E-state index >= 15 is 0 Å². The van der Waals surface area contributed by atoms with Crippen molar-refractivity contribution in [2.45, 2.75) is 32.6 Å². The Morgan fingerprint density at radius 1 is 1.44 bits per heavy atom. The number of carboxylic acids is 1. The third-order valence-corrected chi connectivity index (χ3v) is 3.41. The maximum atomic E-state index is 10.9. The fraction of sp³-hybridized carbons (Fsp3) is 0.429. The second kappa shape index (κ2) is 4.12. The summed E-state index contributed by atoms with van der Waals surface area (Å²) in [6.45, 7) is 5.87. The van der Waals surface area contributed by atoms with Crippen LogP contribution in [0, 0.1) is 6.92 Å². The molecule has 4 nitrogen and oxygen atoms in total. The first-order valence-corrected chi connectivity index (χ1v) is 5.97. The Kier molecular flexibility index (Phi) is 2.89. The summed E-state index contributed by atoms with van der Waals surface area (Å²) in [7, 11) is 1.91. The Morgan fingerprint density at radius 2 is 2.11 bits per heavy atom. The fourth-order valence-corrected chi connectivity index (χ4v) is 2.34. The first-order chi connectivity index (χ1) is 8.31. The second-order valence-electron chi connectivity index (χ2n) is 5.40. The van der Waals surface area contributed by atoms with E-state index in [1.165, 1.54) is 0 Å². The molecule has 0 bridgehead atoms. The van der Waals surface area contributed by atoms with Gasteiger partial charge in [-0.05, 0) is 24.6 Å². The van der Waals surface area contributed by atoms with E-state index in [4.69, 9.17) is 5.11 Å². The Balaban J connectivity index is 2.53. The highest BCUT2D eigenvalue weighted by Crippen LogP contribution is 2.30. The molecule has 0 saturated heterocycles. The molecule has 0 aliphatic heterocycles. The summed E-state index contributed by atoms with van der Waals surface area (Å²) < 4.78 is 1.85. The molecule has 0 radical (unpaired) electrons. The molecule has 0 amide bonds. The summed E-state index contributed by atoms with van der Waals surface area (Å²) in [5.74, 6) is -0.775. The predicted octanol–water partition coefficient (Wildman–Crippen LogP) is 2.63. The van der Waals surface area contributed by atoms with Crippen molar-refractivity contribution in [3.63, 3.8) is 0 Å². The minimum atomic E-state index is -0.775. The normalized spacial score (nSPS) is 12.0. The third-order valence-electron chi connectivity index (χ3n) is 3.41. The van der Waals surface area contributed by atoms with Gasteiger partial charge in [0.05, 0.1) is 17.6 Å². The molecule has 0 fully saturated rings. The van der Waals surface area contributed by atoms with Gasteiger partial charge in [-0.1, -0.05) is 19.9 Å². The van der Waals surface area contributed by atoms with Crippen LogP contribution in [-0.2, 0) is 17.3 Å². The van der Waals surface area contributed by atoms with E-state index in [1.54, 1.807) is 0 Å². The van der Waals surface area contributed by atoms with Crippen molar-refractivity contribution in [3.8, 4) is 0 Å². The van der Waals surface area contributed by atoms with E-state index in [9.17, 15) is 4.79 Å². The number of aryl methyl sites for hydroxylation is 2. The number of carbonyl (C=O) groups is 1. The average Bonchev–Trinajstić information content (AvgIpc) is 2.53. The lowest BCUT2D eigenvalue weighted by molar-refractivity contribution is -0.138. The minimum absolute atomic E-state index is 0.123. The maximum Gasteiger partial charge on any atom is 0.304 e. The van der Waals surface area contributed by atoms with E-state index < -0.39 is 5.97 Å². The molecular weight excluding hydrogens is 228 g/mol. The molecule has 0 saturated carbocycles. The van der Waals surface area contributed by atoms with E-state index in [-0.39, 0.29) is 11.8 Å². The van der Waals surface area contributed by atoms with Crippen molar-refractivity contribution in [1.82, 2.24) is 9.78 Å². The van der Waals surface area contributed by atoms with E-state index in [0.29, 0.717) is 0 Å². The zero-order chi connectivity index (χ0) is 13.5. The van der Waals surface area contributed by atoms with Gasteiger partial charge >= 0.3 is 5.97 Å². The van der Waals surface area contributed by atoms with Crippen molar-refractivity contribution in [3.05, 3.63) is 29.5 Å². The van der Waals surface area contributed by atoms with Crippen molar-refractivity contribution in [2.24, 2.45) is 7.05 Å². The van der Waals surface area contributed by atoms with Crippen molar-refractivity contribution in [2.75, 3.05) is 0 Å². The predicted molar refractivity (Wildman–Crippen MR) is 70.7 cm³/mol. The van der Waals surface area contributed by atoms with Crippen LogP contribution in [0.5, 0.6) is 0 Å². The molecule has 0 spiro atoms. The number of benzene rings is 1. The van der Waals surface area contributed by atoms with Crippen LogP contribution in [-0.4, -0.2) is 20.9 Å². The summed E-state index contributed by atoms with van der Waals surface area (Å²) in [6.07, 6.45) is 0.123. The van der Waals surface area contributed by atoms with Crippen molar-refractivity contribution < 1.29 is 9.90 Å². The van der Waals surface area contributed by atoms with Crippen LogP contribution < -0.4 is 0 Å². The zero-order valence-corrected chi connectivity index (χ0v) is 11.2. The number of aliphatic carboxylic acids is 1. The monoisotopic (exact) mass is 246 g/mol. The van der Waals surface area contributed by atoms with E-state index in [2.05, 4.69) is 11.2 Å². The average molecular weight is 246 g/mol. The summed E-state index contributed by atoms with van der Waals surface area (Å²) in [5.41, 5.74) is 2.71. The van der Waals surface area contributed by atoms with Crippen LogP contribution in [0.1, 0.15) is 31.5 Å². The lowest BCUT2D eigenvalue weighted by atomic mass is 9.81. The number of rotatable bonds is 3. The highest BCUT2D eigenvalue weighted by Gasteiger charge is 2.24. The fourth-order valence-electron chi connectivity index (χ4n) is 2.34. The van der Waals surface area contributed by atoms with Crippen LogP contribution in [0.25, 0.3) is 10.9 Å². The van der Waals surface area contributed by atoms with Gasteiger partial charge in [0.2, 0.25) is 0 Å². The third kappa shape index (κ3) is 2.10. The summed E-state index contributed by atoms with van der Waals surface area (Å²) in [6, 6.07) is 6.06. The quantitative estimate of drug-likeness (QED) is 0.905. The van der Waals surface area contributed by atoms with Crippen LogP contribution >= 0.6 is 0 Å². The molecule has 0 aliphatic rings. The SMILES string of the molecule is Cc1nn(C)c2ccc(C(C)(C)CC(=O)O)cc12. The molecule has 0 atom stereocenters. The first-order valence-electron chi connectivity index (χ1n) is 5.97. The molecule has 1 N–H and O–H groups in total. The number of hydrogen-bond acceptors (Lipinski definition) is 2. The number of nitrogens with zero attached hydrogens (tertiary/aromatic N) is 2. The molecule has 2 aromatic rings. The number of aromatic nitrogens is 2. The lowest BCUT2D eigenvalue weighted by Gasteiger charge is -2.23. The lowest BCUT2D eigenvalue weighted by Crippen LogP contribution is -2.21. The van der Waals surface area contributed by atoms with Gasteiger partial charge in [0.25, 0.3) is 0 Å². The molecule has 18 heavy (non-hydrogen) atoms. The van der Waals surface area contributed by atoms with Gasteiger partial charge in [0.1, 0.15) is 0 Å². The zero-order valence-electron chi connectivity index (χ0n) is 11.2. The molecule has 96 valence electrons. The molecule has 0 aliphatic carbocycles. The van der Waals surface area contributed by atoms with E-state index in [0.717, 1.165) is 22.2 Å². The second-order valence-corrected chi connectivity index (χ2v) is 5.40. The smallest absolute Gasteiger partial charge is 0.304 e. The molecule has 1 heterocycles.